The third-order valence-corrected chi connectivity index (χ3v) is 4.95. The summed E-state index contributed by atoms with van der Waals surface area (Å²) in [5.41, 5.74) is 6.66. The SMILES string of the molecule is CSC(N)CC(=O)NCCOCCOCCOCCNCCC(=O)OCc1ccccc1. The second kappa shape index (κ2) is 20.0. The van der Waals surface area contributed by atoms with E-state index in [9.17, 15) is 9.59 Å². The largest absolute Gasteiger partial charge is 0.461 e. The molecule has 4 N–H and O–H groups in total. The highest BCUT2D eigenvalue weighted by atomic mass is 32.2. The Kier molecular flexibility index (Phi) is 17.7. The Morgan fingerprint density at radius 3 is 2.22 bits per heavy atom. The van der Waals surface area contributed by atoms with Crippen LogP contribution < -0.4 is 16.4 Å². The number of carbonyl (C=O) groups excluding carboxylic acids is 2. The lowest BCUT2D eigenvalue weighted by Gasteiger charge is -2.10. The molecule has 1 amide bonds. The molecular formula is C22H37N3O6S. The normalized spacial score (nSPS) is 11.8. The molecule has 0 bridgehead atoms. The Hall–Kier alpha value is -1.69. The van der Waals surface area contributed by atoms with E-state index in [1.165, 1.54) is 11.8 Å². The van der Waals surface area contributed by atoms with Crippen LogP contribution in [0.2, 0.25) is 0 Å². The second-order valence-corrected chi connectivity index (χ2v) is 7.89. The van der Waals surface area contributed by atoms with E-state index in [1.807, 2.05) is 36.6 Å². The van der Waals surface area contributed by atoms with Crippen molar-refractivity contribution < 1.29 is 28.5 Å². The summed E-state index contributed by atoms with van der Waals surface area (Å²) in [7, 11) is 0. The number of hydrogen-bond donors (Lipinski definition) is 3. The van der Waals surface area contributed by atoms with Crippen molar-refractivity contribution in [3.63, 3.8) is 0 Å². The van der Waals surface area contributed by atoms with Gasteiger partial charge in [0.15, 0.2) is 0 Å². The van der Waals surface area contributed by atoms with Crippen molar-refractivity contribution in [1.29, 1.82) is 0 Å². The fourth-order valence-corrected chi connectivity index (χ4v) is 2.73. The fraction of sp³-hybridized carbons (Fsp3) is 0.636. The van der Waals surface area contributed by atoms with Gasteiger partial charge in [-0.1, -0.05) is 30.3 Å². The lowest BCUT2D eigenvalue weighted by Crippen LogP contribution is -2.32. The van der Waals surface area contributed by atoms with Crippen molar-refractivity contribution in [3.8, 4) is 0 Å². The summed E-state index contributed by atoms with van der Waals surface area (Å²) in [6.45, 7) is 4.85. The van der Waals surface area contributed by atoms with Gasteiger partial charge in [-0.3, -0.25) is 9.59 Å². The van der Waals surface area contributed by atoms with Gasteiger partial charge in [-0.05, 0) is 11.8 Å². The molecule has 0 fully saturated rings. The molecule has 32 heavy (non-hydrogen) atoms. The molecule has 9 nitrogen and oxygen atoms in total. The van der Waals surface area contributed by atoms with Gasteiger partial charge in [-0.25, -0.2) is 0 Å². The van der Waals surface area contributed by atoms with Gasteiger partial charge in [0, 0.05) is 19.6 Å². The molecule has 10 heteroatoms. The number of thioether (sulfide) groups is 1. The molecule has 0 aliphatic rings. The van der Waals surface area contributed by atoms with E-state index in [2.05, 4.69) is 10.6 Å². The highest BCUT2D eigenvalue weighted by Crippen LogP contribution is 2.03. The van der Waals surface area contributed by atoms with Crippen molar-refractivity contribution in [2.24, 2.45) is 5.73 Å². The van der Waals surface area contributed by atoms with Gasteiger partial charge in [-0.15, -0.1) is 11.8 Å². The van der Waals surface area contributed by atoms with Crippen LogP contribution in [-0.2, 0) is 35.1 Å². The molecule has 182 valence electrons. The van der Waals surface area contributed by atoms with Crippen LogP contribution in [-0.4, -0.2) is 82.8 Å². The maximum Gasteiger partial charge on any atom is 0.307 e. The molecule has 0 heterocycles. The van der Waals surface area contributed by atoms with Crippen molar-refractivity contribution in [2.45, 2.75) is 24.8 Å². The molecule has 0 aromatic heterocycles. The molecule has 0 spiro atoms. The topological polar surface area (TPSA) is 121 Å². The Morgan fingerprint density at radius 2 is 1.56 bits per heavy atom. The van der Waals surface area contributed by atoms with Crippen LogP contribution >= 0.6 is 11.8 Å². The van der Waals surface area contributed by atoms with E-state index >= 15 is 0 Å². The smallest absolute Gasteiger partial charge is 0.307 e. The van der Waals surface area contributed by atoms with E-state index in [0.29, 0.717) is 78.7 Å². The van der Waals surface area contributed by atoms with Gasteiger partial charge < -0.3 is 35.3 Å². The minimum absolute atomic E-state index is 0.0682. The molecule has 1 atom stereocenters. The summed E-state index contributed by atoms with van der Waals surface area (Å²) in [5, 5.41) is 5.73. The van der Waals surface area contributed by atoms with Crippen molar-refractivity contribution in [3.05, 3.63) is 35.9 Å². The molecular weight excluding hydrogens is 434 g/mol. The summed E-state index contributed by atoms with van der Waals surface area (Å²) in [5.74, 6) is -0.290. The van der Waals surface area contributed by atoms with Crippen LogP contribution in [0, 0.1) is 0 Å². The molecule has 1 aromatic rings. The summed E-state index contributed by atoms with van der Waals surface area (Å²) >= 11 is 1.46. The molecule has 0 saturated carbocycles. The molecule has 1 aromatic carbocycles. The average molecular weight is 472 g/mol. The number of amides is 1. The minimum Gasteiger partial charge on any atom is -0.461 e. The number of benzene rings is 1. The monoisotopic (exact) mass is 471 g/mol. The fourth-order valence-electron chi connectivity index (χ4n) is 2.41. The average Bonchev–Trinajstić information content (AvgIpc) is 2.80. The third kappa shape index (κ3) is 16.9. The number of rotatable bonds is 20. The molecule has 0 radical (unpaired) electrons. The zero-order valence-electron chi connectivity index (χ0n) is 18.9. The van der Waals surface area contributed by atoms with Crippen LogP contribution in [0.25, 0.3) is 0 Å². The van der Waals surface area contributed by atoms with Crippen molar-refractivity contribution in [2.75, 3.05) is 65.5 Å². The Bertz CT molecular complexity index is 609. The van der Waals surface area contributed by atoms with Gasteiger partial charge in [0.25, 0.3) is 0 Å². The van der Waals surface area contributed by atoms with Crippen molar-refractivity contribution in [1.82, 2.24) is 10.6 Å². The maximum atomic E-state index is 11.7. The van der Waals surface area contributed by atoms with E-state index in [0.717, 1.165) is 5.56 Å². The van der Waals surface area contributed by atoms with Crippen LogP contribution in [0.15, 0.2) is 30.3 Å². The van der Waals surface area contributed by atoms with E-state index < -0.39 is 0 Å². The molecule has 1 rings (SSSR count). The maximum absolute atomic E-state index is 11.7. The van der Waals surface area contributed by atoms with Gasteiger partial charge in [0.2, 0.25) is 5.91 Å². The van der Waals surface area contributed by atoms with E-state index in [-0.39, 0.29) is 17.3 Å². The Morgan fingerprint density at radius 1 is 0.938 bits per heavy atom. The van der Waals surface area contributed by atoms with Crippen LogP contribution in [0.5, 0.6) is 0 Å². The molecule has 0 aliphatic carbocycles. The predicted molar refractivity (Wildman–Crippen MR) is 125 cm³/mol. The Labute approximate surface area is 195 Å². The first-order valence-corrected chi connectivity index (χ1v) is 12.1. The molecule has 0 aliphatic heterocycles. The number of ether oxygens (including phenoxy) is 4. The first kappa shape index (κ1) is 28.3. The summed E-state index contributed by atoms with van der Waals surface area (Å²) in [6, 6.07) is 9.61. The van der Waals surface area contributed by atoms with Crippen LogP contribution in [0.4, 0.5) is 0 Å². The number of nitrogens with two attached hydrogens (primary N) is 1. The Balaban J connectivity index is 1.77. The van der Waals surface area contributed by atoms with Gasteiger partial charge >= 0.3 is 5.97 Å². The zero-order valence-corrected chi connectivity index (χ0v) is 19.7. The van der Waals surface area contributed by atoms with Crippen LogP contribution in [0.1, 0.15) is 18.4 Å². The number of carbonyl (C=O) groups is 2. The standard InChI is InChI=1S/C22H37N3O6S/c1-32-20(23)17-21(26)25-10-12-29-14-16-30-15-13-28-11-9-24-8-7-22(27)31-18-19-5-3-2-4-6-19/h2-6,20,24H,7-18,23H2,1H3,(H,25,26). The highest BCUT2D eigenvalue weighted by molar-refractivity contribution is 7.99. The molecule has 1 unspecified atom stereocenters. The first-order chi connectivity index (χ1) is 15.6. The first-order valence-electron chi connectivity index (χ1n) is 10.8. The quantitative estimate of drug-likeness (QED) is 0.145. The number of hydrogen-bond acceptors (Lipinski definition) is 9. The van der Waals surface area contributed by atoms with Crippen molar-refractivity contribution >= 4 is 23.6 Å². The van der Waals surface area contributed by atoms with Gasteiger partial charge in [-0.2, -0.15) is 0 Å². The minimum atomic E-state index is -0.222. The summed E-state index contributed by atoms with van der Waals surface area (Å²) in [4.78, 5) is 23.2. The second-order valence-electron chi connectivity index (χ2n) is 6.81. The van der Waals surface area contributed by atoms with E-state index in [4.69, 9.17) is 24.7 Å². The highest BCUT2D eigenvalue weighted by Gasteiger charge is 2.07. The number of nitrogens with one attached hydrogen (secondary N) is 2. The lowest BCUT2D eigenvalue weighted by molar-refractivity contribution is -0.144. The summed E-state index contributed by atoms with van der Waals surface area (Å²) < 4.78 is 21.5. The summed E-state index contributed by atoms with van der Waals surface area (Å²) in [6.07, 6.45) is 2.50. The number of esters is 1. The van der Waals surface area contributed by atoms with Gasteiger partial charge in [0.1, 0.15) is 6.61 Å². The third-order valence-electron chi connectivity index (χ3n) is 4.17. The van der Waals surface area contributed by atoms with Gasteiger partial charge in [0.05, 0.1) is 57.9 Å². The molecule has 0 saturated heterocycles. The lowest BCUT2D eigenvalue weighted by atomic mass is 10.2. The predicted octanol–water partition coefficient (Wildman–Crippen LogP) is 0.913. The zero-order chi connectivity index (χ0) is 23.3. The van der Waals surface area contributed by atoms with Crippen LogP contribution in [0.3, 0.4) is 0 Å². The van der Waals surface area contributed by atoms with E-state index in [1.54, 1.807) is 0 Å².